The number of rotatable bonds is 6. The van der Waals surface area contributed by atoms with Crippen molar-refractivity contribution in [2.45, 2.75) is 19.8 Å². The summed E-state index contributed by atoms with van der Waals surface area (Å²) in [4.78, 5) is 0. The summed E-state index contributed by atoms with van der Waals surface area (Å²) >= 11 is 0. The van der Waals surface area contributed by atoms with Crippen molar-refractivity contribution in [3.8, 4) is 0 Å². The summed E-state index contributed by atoms with van der Waals surface area (Å²) in [7, 11) is -0.845. The molecule has 0 amide bonds. The zero-order valence-electron chi connectivity index (χ0n) is 8.13. The molecule has 0 saturated carbocycles. The average molecular weight is 193 g/mol. The van der Waals surface area contributed by atoms with Gasteiger partial charge >= 0.3 is 0 Å². The largest absolute Gasteiger partial charge is 0.319 e. The van der Waals surface area contributed by atoms with Crippen LogP contribution in [0.2, 0.25) is 0 Å². The van der Waals surface area contributed by atoms with E-state index in [1.165, 1.54) is 6.26 Å². The summed E-state index contributed by atoms with van der Waals surface area (Å²) in [5.41, 5.74) is 0. The van der Waals surface area contributed by atoms with Crippen LogP contribution in [0.3, 0.4) is 0 Å². The van der Waals surface area contributed by atoms with Crippen LogP contribution in [-0.4, -0.2) is 34.0 Å². The molecule has 0 aromatic rings. The Labute approximate surface area is 75.5 Å². The summed E-state index contributed by atoms with van der Waals surface area (Å²) in [6.07, 6.45) is 3.05. The van der Waals surface area contributed by atoms with Crippen LogP contribution in [0.15, 0.2) is 0 Å². The van der Waals surface area contributed by atoms with E-state index in [1.807, 2.05) is 7.05 Å². The van der Waals surface area contributed by atoms with Gasteiger partial charge in [-0.25, -0.2) is 8.42 Å². The Kier molecular flexibility index (Phi) is 5.50. The van der Waals surface area contributed by atoms with E-state index in [0.717, 1.165) is 19.4 Å². The molecule has 74 valence electrons. The van der Waals surface area contributed by atoms with Crippen molar-refractivity contribution < 1.29 is 8.42 Å². The van der Waals surface area contributed by atoms with Crippen molar-refractivity contribution in [2.24, 2.45) is 5.92 Å². The van der Waals surface area contributed by atoms with Crippen molar-refractivity contribution in [1.82, 2.24) is 5.32 Å². The Morgan fingerprint density at radius 2 is 2.00 bits per heavy atom. The van der Waals surface area contributed by atoms with Crippen LogP contribution < -0.4 is 5.32 Å². The van der Waals surface area contributed by atoms with Crippen LogP contribution >= 0.6 is 0 Å². The lowest BCUT2D eigenvalue weighted by atomic mass is 10.1. The van der Waals surface area contributed by atoms with Gasteiger partial charge in [-0.3, -0.25) is 0 Å². The fourth-order valence-corrected chi connectivity index (χ4v) is 1.84. The van der Waals surface area contributed by atoms with Crippen LogP contribution in [0.4, 0.5) is 0 Å². The van der Waals surface area contributed by atoms with Crippen LogP contribution in [0, 0.1) is 5.92 Å². The first-order chi connectivity index (χ1) is 5.45. The van der Waals surface area contributed by atoms with E-state index in [2.05, 4.69) is 12.2 Å². The van der Waals surface area contributed by atoms with E-state index in [0.29, 0.717) is 11.7 Å². The predicted octanol–water partition coefficient (Wildman–Crippen LogP) is 0.667. The third-order valence-corrected chi connectivity index (χ3v) is 2.79. The molecular formula is C8H19NO2S. The van der Waals surface area contributed by atoms with Crippen LogP contribution in [0.5, 0.6) is 0 Å². The maximum Gasteiger partial charge on any atom is 0.147 e. The monoisotopic (exact) mass is 193 g/mol. The lowest BCUT2D eigenvalue weighted by molar-refractivity contribution is 0.496. The molecule has 1 unspecified atom stereocenters. The molecule has 0 aliphatic carbocycles. The van der Waals surface area contributed by atoms with Gasteiger partial charge in [0, 0.05) is 12.0 Å². The topological polar surface area (TPSA) is 46.2 Å². The van der Waals surface area contributed by atoms with Crippen molar-refractivity contribution in [1.29, 1.82) is 0 Å². The maximum atomic E-state index is 10.8. The van der Waals surface area contributed by atoms with Gasteiger partial charge in [0.15, 0.2) is 0 Å². The number of hydrogen-bond acceptors (Lipinski definition) is 3. The normalized spacial score (nSPS) is 14.6. The van der Waals surface area contributed by atoms with Crippen molar-refractivity contribution >= 4 is 9.84 Å². The molecule has 0 rings (SSSR count). The molecule has 0 aliphatic rings. The minimum atomic E-state index is -2.76. The Bertz CT molecular complexity index is 199. The predicted molar refractivity (Wildman–Crippen MR) is 52.0 cm³/mol. The molecule has 12 heavy (non-hydrogen) atoms. The molecule has 1 atom stereocenters. The Morgan fingerprint density at radius 3 is 2.42 bits per heavy atom. The minimum Gasteiger partial charge on any atom is -0.319 e. The highest BCUT2D eigenvalue weighted by Crippen LogP contribution is 2.04. The van der Waals surface area contributed by atoms with E-state index >= 15 is 0 Å². The fourth-order valence-electron chi connectivity index (χ4n) is 1.14. The molecule has 0 aromatic heterocycles. The molecule has 0 heterocycles. The molecule has 0 radical (unpaired) electrons. The van der Waals surface area contributed by atoms with Gasteiger partial charge in [-0.15, -0.1) is 0 Å². The summed E-state index contributed by atoms with van der Waals surface area (Å²) in [6.45, 7) is 3.09. The molecule has 0 fully saturated rings. The van der Waals surface area contributed by atoms with E-state index < -0.39 is 9.84 Å². The second-order valence-corrected chi connectivity index (χ2v) is 5.69. The highest BCUT2D eigenvalue weighted by Gasteiger charge is 2.04. The smallest absolute Gasteiger partial charge is 0.147 e. The highest BCUT2D eigenvalue weighted by atomic mass is 32.2. The SMILES string of the molecule is CNCC(C)CCCS(C)(=O)=O. The van der Waals surface area contributed by atoms with E-state index in [1.54, 1.807) is 0 Å². The summed E-state index contributed by atoms with van der Waals surface area (Å²) in [5.74, 6) is 0.887. The standard InChI is InChI=1S/C8H19NO2S/c1-8(7-9-2)5-4-6-12(3,10)11/h8-9H,4-7H2,1-3H3. The summed E-state index contributed by atoms with van der Waals surface area (Å²) < 4.78 is 21.5. The van der Waals surface area contributed by atoms with Gasteiger partial charge in [-0.2, -0.15) is 0 Å². The number of sulfone groups is 1. The molecule has 0 saturated heterocycles. The number of hydrogen-bond donors (Lipinski definition) is 1. The van der Waals surface area contributed by atoms with E-state index in [4.69, 9.17) is 0 Å². The molecule has 0 bridgehead atoms. The van der Waals surface area contributed by atoms with Crippen LogP contribution in [0.25, 0.3) is 0 Å². The second kappa shape index (κ2) is 5.54. The lowest BCUT2D eigenvalue weighted by Gasteiger charge is -2.08. The second-order valence-electron chi connectivity index (χ2n) is 3.43. The first-order valence-electron chi connectivity index (χ1n) is 4.28. The van der Waals surface area contributed by atoms with Gasteiger partial charge in [-0.05, 0) is 32.4 Å². The molecule has 0 aliphatic heterocycles. The Balaban J connectivity index is 3.44. The lowest BCUT2D eigenvalue weighted by Crippen LogP contribution is -2.17. The summed E-state index contributed by atoms with van der Waals surface area (Å²) in [6, 6.07) is 0. The quantitative estimate of drug-likeness (QED) is 0.674. The van der Waals surface area contributed by atoms with Gasteiger partial charge in [0.2, 0.25) is 0 Å². The molecule has 0 aromatic carbocycles. The third-order valence-electron chi connectivity index (χ3n) is 1.76. The maximum absolute atomic E-state index is 10.8. The number of nitrogens with one attached hydrogen (secondary N) is 1. The first-order valence-corrected chi connectivity index (χ1v) is 6.34. The van der Waals surface area contributed by atoms with Gasteiger partial charge in [0.1, 0.15) is 9.84 Å². The summed E-state index contributed by atoms with van der Waals surface area (Å²) in [5, 5.41) is 3.07. The highest BCUT2D eigenvalue weighted by molar-refractivity contribution is 7.90. The van der Waals surface area contributed by atoms with Gasteiger partial charge in [0.25, 0.3) is 0 Å². The van der Waals surface area contributed by atoms with Gasteiger partial charge in [0.05, 0.1) is 0 Å². The Morgan fingerprint density at radius 1 is 1.42 bits per heavy atom. The van der Waals surface area contributed by atoms with Crippen molar-refractivity contribution in [2.75, 3.05) is 25.6 Å². The molecule has 1 N–H and O–H groups in total. The molecule has 4 heteroatoms. The van der Waals surface area contributed by atoms with Crippen molar-refractivity contribution in [3.05, 3.63) is 0 Å². The van der Waals surface area contributed by atoms with Crippen LogP contribution in [0.1, 0.15) is 19.8 Å². The van der Waals surface area contributed by atoms with E-state index in [9.17, 15) is 8.42 Å². The first kappa shape index (κ1) is 11.9. The molecule has 3 nitrogen and oxygen atoms in total. The Hall–Kier alpha value is -0.0900. The van der Waals surface area contributed by atoms with Crippen molar-refractivity contribution in [3.63, 3.8) is 0 Å². The third kappa shape index (κ3) is 8.01. The average Bonchev–Trinajstić information content (AvgIpc) is 1.84. The zero-order chi connectivity index (χ0) is 9.61. The molecule has 0 spiro atoms. The van der Waals surface area contributed by atoms with Gasteiger partial charge in [-0.1, -0.05) is 6.92 Å². The molecular weight excluding hydrogens is 174 g/mol. The minimum absolute atomic E-state index is 0.320. The zero-order valence-corrected chi connectivity index (χ0v) is 8.95. The van der Waals surface area contributed by atoms with E-state index in [-0.39, 0.29) is 0 Å². The van der Waals surface area contributed by atoms with Crippen LogP contribution in [-0.2, 0) is 9.84 Å². The van der Waals surface area contributed by atoms with Gasteiger partial charge < -0.3 is 5.32 Å². The fraction of sp³-hybridized carbons (Fsp3) is 1.00.